The van der Waals surface area contributed by atoms with E-state index >= 15 is 0 Å². The van der Waals surface area contributed by atoms with E-state index in [0.29, 0.717) is 22.5 Å². The molecule has 20 heavy (non-hydrogen) atoms. The summed E-state index contributed by atoms with van der Waals surface area (Å²) in [6.07, 6.45) is 0. The minimum atomic E-state index is -0.986. The zero-order chi connectivity index (χ0) is 14.5. The average Bonchev–Trinajstić information content (AvgIpc) is 2.45. The molecule has 0 fully saturated rings. The maximum atomic E-state index is 12.4. The molecule has 2 aromatic rings. The summed E-state index contributed by atoms with van der Waals surface area (Å²) >= 11 is 0. The van der Waals surface area contributed by atoms with Crippen molar-refractivity contribution in [1.82, 2.24) is 0 Å². The first kappa shape index (κ1) is 13.6. The van der Waals surface area contributed by atoms with Crippen molar-refractivity contribution >= 4 is 23.1 Å². The Morgan fingerprint density at radius 3 is 2.35 bits per heavy atom. The fourth-order valence-electron chi connectivity index (χ4n) is 1.80. The van der Waals surface area contributed by atoms with Crippen molar-refractivity contribution in [1.29, 1.82) is 0 Å². The summed E-state index contributed by atoms with van der Waals surface area (Å²) in [4.78, 5) is 23.0. The number of nitrogen functional groups attached to an aromatic ring is 1. The molecular formula is C15H14N2O3. The van der Waals surface area contributed by atoms with E-state index in [1.165, 1.54) is 0 Å². The molecule has 2 aromatic carbocycles. The Balaban J connectivity index is 2.29. The second-order valence-electron chi connectivity index (χ2n) is 4.24. The predicted molar refractivity (Wildman–Crippen MR) is 76.9 cm³/mol. The third kappa shape index (κ3) is 3.14. The Bertz CT molecular complexity index is 636. The molecular weight excluding hydrogens is 256 g/mol. The smallest absolute Gasteiger partial charge is 0.322 e. The van der Waals surface area contributed by atoms with Gasteiger partial charge in [-0.2, -0.15) is 0 Å². The first-order valence-electron chi connectivity index (χ1n) is 6.03. The van der Waals surface area contributed by atoms with Gasteiger partial charge in [0.15, 0.2) is 5.78 Å². The van der Waals surface area contributed by atoms with Crippen molar-refractivity contribution in [3.63, 3.8) is 0 Å². The number of hydrogen-bond acceptors (Lipinski definition) is 4. The molecule has 0 bridgehead atoms. The van der Waals surface area contributed by atoms with Gasteiger partial charge in [-0.3, -0.25) is 9.59 Å². The lowest BCUT2D eigenvalue weighted by molar-refractivity contribution is -0.134. The summed E-state index contributed by atoms with van der Waals surface area (Å²) in [5.74, 6) is -1.17. The molecule has 0 aliphatic rings. The van der Waals surface area contributed by atoms with Crippen LogP contribution in [0.1, 0.15) is 15.9 Å². The number of ketones is 1. The fourth-order valence-corrected chi connectivity index (χ4v) is 1.80. The van der Waals surface area contributed by atoms with Crippen LogP contribution < -0.4 is 11.1 Å². The van der Waals surface area contributed by atoms with Crippen molar-refractivity contribution in [3.05, 3.63) is 59.7 Å². The molecule has 5 nitrogen and oxygen atoms in total. The van der Waals surface area contributed by atoms with Gasteiger partial charge in [-0.1, -0.05) is 12.1 Å². The third-order valence-electron chi connectivity index (χ3n) is 2.77. The summed E-state index contributed by atoms with van der Waals surface area (Å²) in [5.41, 5.74) is 7.60. The monoisotopic (exact) mass is 270 g/mol. The largest absolute Gasteiger partial charge is 0.480 e. The number of nitrogens with two attached hydrogens (primary N) is 1. The number of benzene rings is 2. The third-order valence-corrected chi connectivity index (χ3v) is 2.77. The number of carbonyl (C=O) groups excluding carboxylic acids is 1. The van der Waals surface area contributed by atoms with E-state index in [1.54, 1.807) is 48.5 Å². The van der Waals surface area contributed by atoms with Gasteiger partial charge in [-0.05, 0) is 36.4 Å². The van der Waals surface area contributed by atoms with Crippen molar-refractivity contribution in [2.45, 2.75) is 0 Å². The zero-order valence-electron chi connectivity index (χ0n) is 10.7. The maximum absolute atomic E-state index is 12.4. The molecule has 5 heteroatoms. The van der Waals surface area contributed by atoms with Crippen LogP contribution in [0, 0.1) is 0 Å². The lowest BCUT2D eigenvalue weighted by Gasteiger charge is -2.09. The first-order chi connectivity index (χ1) is 9.58. The standard InChI is InChI=1S/C15H14N2O3/c16-11-7-5-10(6-8-11)15(20)12-3-1-2-4-13(12)17-9-14(18)19/h1-8,17H,9,16H2,(H,18,19). The lowest BCUT2D eigenvalue weighted by Crippen LogP contribution is -2.15. The zero-order valence-corrected chi connectivity index (χ0v) is 10.7. The first-order valence-corrected chi connectivity index (χ1v) is 6.03. The van der Waals surface area contributed by atoms with Crippen LogP contribution in [0.25, 0.3) is 0 Å². The molecule has 2 rings (SSSR count). The van der Waals surface area contributed by atoms with Gasteiger partial charge in [-0.15, -0.1) is 0 Å². The number of carboxylic acids is 1. The van der Waals surface area contributed by atoms with Crippen LogP contribution in [-0.2, 0) is 4.79 Å². The van der Waals surface area contributed by atoms with Crippen molar-refractivity contribution in [2.24, 2.45) is 0 Å². The van der Waals surface area contributed by atoms with Gasteiger partial charge in [-0.25, -0.2) is 0 Å². The minimum absolute atomic E-state index is 0.182. The molecule has 0 atom stereocenters. The summed E-state index contributed by atoms with van der Waals surface area (Å²) in [6.45, 7) is -0.244. The number of nitrogens with one attached hydrogen (secondary N) is 1. The summed E-state index contributed by atoms with van der Waals surface area (Å²) in [6, 6.07) is 13.4. The van der Waals surface area contributed by atoms with Gasteiger partial charge in [0.1, 0.15) is 6.54 Å². The molecule has 0 amide bonds. The van der Waals surface area contributed by atoms with Crippen LogP contribution >= 0.6 is 0 Å². The lowest BCUT2D eigenvalue weighted by atomic mass is 10.0. The average molecular weight is 270 g/mol. The van der Waals surface area contributed by atoms with Crippen LogP contribution in [0.3, 0.4) is 0 Å². The highest BCUT2D eigenvalue weighted by molar-refractivity contribution is 6.12. The highest BCUT2D eigenvalue weighted by Crippen LogP contribution is 2.19. The molecule has 0 aliphatic heterocycles. The van der Waals surface area contributed by atoms with Gasteiger partial charge in [0.05, 0.1) is 0 Å². The number of rotatable bonds is 5. The molecule has 102 valence electrons. The minimum Gasteiger partial charge on any atom is -0.480 e. The molecule has 0 spiro atoms. The van der Waals surface area contributed by atoms with E-state index < -0.39 is 5.97 Å². The van der Waals surface area contributed by atoms with Gasteiger partial charge < -0.3 is 16.2 Å². The van der Waals surface area contributed by atoms with E-state index in [2.05, 4.69) is 5.32 Å². The van der Waals surface area contributed by atoms with E-state index in [0.717, 1.165) is 0 Å². The van der Waals surface area contributed by atoms with Crippen LogP contribution in [0.15, 0.2) is 48.5 Å². The number of carbonyl (C=O) groups is 2. The number of anilines is 2. The van der Waals surface area contributed by atoms with E-state index in [-0.39, 0.29) is 12.3 Å². The number of para-hydroxylation sites is 1. The Morgan fingerprint density at radius 2 is 1.70 bits per heavy atom. The molecule has 0 aromatic heterocycles. The second kappa shape index (κ2) is 5.88. The second-order valence-corrected chi connectivity index (χ2v) is 4.24. The summed E-state index contributed by atoms with van der Waals surface area (Å²) in [5, 5.41) is 11.4. The van der Waals surface area contributed by atoms with Crippen molar-refractivity contribution in [3.8, 4) is 0 Å². The van der Waals surface area contributed by atoms with Crippen molar-refractivity contribution < 1.29 is 14.7 Å². The van der Waals surface area contributed by atoms with Gasteiger partial charge in [0, 0.05) is 22.5 Å². The molecule has 0 unspecified atom stereocenters. The summed E-state index contributed by atoms with van der Waals surface area (Å²) in [7, 11) is 0. The highest BCUT2D eigenvalue weighted by Gasteiger charge is 2.13. The SMILES string of the molecule is Nc1ccc(C(=O)c2ccccc2NCC(=O)O)cc1. The van der Waals surface area contributed by atoms with Crippen LogP contribution in [0.5, 0.6) is 0 Å². The Kier molecular flexibility index (Phi) is 4.00. The Hall–Kier alpha value is -2.82. The molecule has 0 saturated carbocycles. The highest BCUT2D eigenvalue weighted by atomic mass is 16.4. The molecule has 0 heterocycles. The summed E-state index contributed by atoms with van der Waals surface area (Å²) < 4.78 is 0. The Morgan fingerprint density at radius 1 is 1.05 bits per heavy atom. The van der Waals surface area contributed by atoms with Crippen LogP contribution in [-0.4, -0.2) is 23.4 Å². The maximum Gasteiger partial charge on any atom is 0.322 e. The quantitative estimate of drug-likeness (QED) is 0.571. The van der Waals surface area contributed by atoms with Gasteiger partial charge >= 0.3 is 5.97 Å². The fraction of sp³-hybridized carbons (Fsp3) is 0.0667. The number of aliphatic carboxylic acids is 1. The van der Waals surface area contributed by atoms with Crippen LogP contribution in [0.4, 0.5) is 11.4 Å². The van der Waals surface area contributed by atoms with Crippen molar-refractivity contribution in [2.75, 3.05) is 17.6 Å². The van der Waals surface area contributed by atoms with E-state index in [4.69, 9.17) is 10.8 Å². The topological polar surface area (TPSA) is 92.4 Å². The van der Waals surface area contributed by atoms with Crippen LogP contribution in [0.2, 0.25) is 0 Å². The molecule has 0 saturated heterocycles. The molecule has 0 radical (unpaired) electrons. The van der Waals surface area contributed by atoms with Gasteiger partial charge in [0.25, 0.3) is 0 Å². The molecule has 4 N–H and O–H groups in total. The number of carboxylic acid groups (broad SMARTS) is 1. The molecule has 0 aliphatic carbocycles. The Labute approximate surface area is 116 Å². The number of hydrogen-bond donors (Lipinski definition) is 3. The van der Waals surface area contributed by atoms with E-state index in [9.17, 15) is 9.59 Å². The normalized spacial score (nSPS) is 10.0. The van der Waals surface area contributed by atoms with E-state index in [1.807, 2.05) is 0 Å². The van der Waals surface area contributed by atoms with Gasteiger partial charge in [0.2, 0.25) is 0 Å². The predicted octanol–water partition coefficient (Wildman–Crippen LogP) is 2.00.